The number of phenolic OH excluding ortho intramolecular Hbond substituents is 13. The van der Waals surface area contributed by atoms with Gasteiger partial charge in [0.2, 0.25) is 23.0 Å². The lowest BCUT2D eigenvalue weighted by Crippen LogP contribution is -1.95. The second-order valence-corrected chi connectivity index (χ2v) is 13.4. The molecule has 9 rings (SSSR count). The zero-order valence-electron chi connectivity index (χ0n) is 28.5. The zero-order chi connectivity index (χ0) is 39.6. The molecule has 8 aromatic rings. The molecule has 0 saturated heterocycles. The minimum absolute atomic E-state index is 0.0987. The Labute approximate surface area is 312 Å². The van der Waals surface area contributed by atoms with Crippen molar-refractivity contribution < 1.29 is 70.8 Å². The Kier molecular flexibility index (Phi) is 6.94. The molecule has 7 aromatic carbocycles. The molecule has 14 heteroatoms. The van der Waals surface area contributed by atoms with Crippen molar-refractivity contribution in [1.29, 1.82) is 0 Å². The summed E-state index contributed by atoms with van der Waals surface area (Å²) in [5.74, 6) is -12.7. The molecule has 13 N–H and O–H groups in total. The molecular formula is C42H28O14. The van der Waals surface area contributed by atoms with E-state index in [9.17, 15) is 66.4 Å². The molecule has 1 aliphatic carbocycles. The Morgan fingerprint density at radius 3 is 1.27 bits per heavy atom. The fourth-order valence-electron chi connectivity index (χ4n) is 8.00. The number of hydrogen-bond donors (Lipinski definition) is 13. The van der Waals surface area contributed by atoms with Crippen molar-refractivity contribution in [3.8, 4) is 97.0 Å². The highest BCUT2D eigenvalue weighted by Crippen LogP contribution is 2.63. The third kappa shape index (κ3) is 4.14. The van der Waals surface area contributed by atoms with Crippen LogP contribution in [0.25, 0.3) is 82.1 Å². The summed E-state index contributed by atoms with van der Waals surface area (Å²) in [5.41, 5.74) is -1.46. The van der Waals surface area contributed by atoms with Gasteiger partial charge in [-0.05, 0) is 40.0 Å². The van der Waals surface area contributed by atoms with Crippen molar-refractivity contribution in [2.45, 2.75) is 12.8 Å². The summed E-state index contributed by atoms with van der Waals surface area (Å²) in [5, 5.41) is 144. The Morgan fingerprint density at radius 1 is 0.339 bits per heavy atom. The van der Waals surface area contributed by atoms with Crippen LogP contribution in [0, 0.1) is 0 Å². The van der Waals surface area contributed by atoms with Crippen molar-refractivity contribution in [2.75, 3.05) is 0 Å². The van der Waals surface area contributed by atoms with Crippen LogP contribution in [-0.4, -0.2) is 66.4 Å². The van der Waals surface area contributed by atoms with Gasteiger partial charge in [0.25, 0.3) is 0 Å². The van der Waals surface area contributed by atoms with Crippen LogP contribution < -0.4 is 0 Å². The van der Waals surface area contributed by atoms with Gasteiger partial charge >= 0.3 is 0 Å². The lowest BCUT2D eigenvalue weighted by atomic mass is 9.83. The van der Waals surface area contributed by atoms with Crippen molar-refractivity contribution in [3.05, 3.63) is 72.3 Å². The first-order valence-electron chi connectivity index (χ1n) is 16.9. The van der Waals surface area contributed by atoms with E-state index in [0.29, 0.717) is 12.0 Å². The molecule has 0 aliphatic heterocycles. The van der Waals surface area contributed by atoms with E-state index >= 15 is 0 Å². The van der Waals surface area contributed by atoms with E-state index in [0.717, 1.165) is 6.42 Å². The maximum absolute atomic E-state index is 11.8. The largest absolute Gasteiger partial charge is 0.506 e. The summed E-state index contributed by atoms with van der Waals surface area (Å²) in [6, 6.07) is 12.8. The first kappa shape index (κ1) is 33.8. The number of furan rings is 1. The smallest absolute Gasteiger partial charge is 0.205 e. The maximum atomic E-state index is 11.8. The summed E-state index contributed by atoms with van der Waals surface area (Å²) in [6.07, 6.45) is 6.51. The minimum atomic E-state index is -1.24. The number of allylic oxidation sites excluding steroid dienone is 4. The fraction of sp³-hybridized carbons (Fsp3) is 0.0476. The summed E-state index contributed by atoms with van der Waals surface area (Å²) < 4.78 is 5.80. The summed E-state index contributed by atoms with van der Waals surface area (Å²) in [7, 11) is 0. The van der Waals surface area contributed by atoms with E-state index in [-0.39, 0.29) is 54.7 Å². The van der Waals surface area contributed by atoms with Gasteiger partial charge in [0.1, 0.15) is 5.75 Å². The van der Waals surface area contributed by atoms with Gasteiger partial charge in [-0.3, -0.25) is 0 Å². The van der Waals surface area contributed by atoms with E-state index in [1.807, 2.05) is 6.08 Å². The monoisotopic (exact) mass is 756 g/mol. The van der Waals surface area contributed by atoms with Crippen LogP contribution in [0.5, 0.6) is 74.7 Å². The number of phenols is 13. The van der Waals surface area contributed by atoms with Crippen molar-refractivity contribution >= 4 is 59.8 Å². The van der Waals surface area contributed by atoms with E-state index in [1.54, 1.807) is 60.7 Å². The van der Waals surface area contributed by atoms with Crippen LogP contribution in [-0.2, 0) is 0 Å². The highest BCUT2D eigenvalue weighted by atomic mass is 16.4. The normalized spacial score (nSPS) is 13.1. The van der Waals surface area contributed by atoms with Crippen LogP contribution in [0.1, 0.15) is 18.4 Å². The standard InChI is InChI=1S/C42H28O14/c43-28-25-26(35(50)38(53)37(52)34(25)49)36(51)42-27(28)23-22(31(46)39(54)40(55)41(23)56-42)20-15-10-4-6-12-17(15)21(18-13-7-5-11-16(18)20)24-32(47)29(44)19(30(45)33(24)48)14-8-2-1-3-9-14/h2,4-13,43-55H,1,3H2. The molecule has 0 atom stereocenters. The van der Waals surface area contributed by atoms with Crippen LogP contribution >= 0.6 is 0 Å². The predicted molar refractivity (Wildman–Crippen MR) is 205 cm³/mol. The van der Waals surface area contributed by atoms with Crippen molar-refractivity contribution in [3.63, 3.8) is 0 Å². The number of aromatic hydroxyl groups is 13. The third-order valence-electron chi connectivity index (χ3n) is 10.5. The van der Waals surface area contributed by atoms with Crippen LogP contribution in [0.4, 0.5) is 0 Å². The molecule has 0 fully saturated rings. The van der Waals surface area contributed by atoms with E-state index in [1.165, 1.54) is 0 Å². The number of fused-ring (bicyclic) bond motifs is 6. The van der Waals surface area contributed by atoms with Crippen LogP contribution in [0.15, 0.2) is 71.2 Å². The quantitative estimate of drug-likeness (QED) is 0.0459. The molecule has 280 valence electrons. The molecule has 14 nitrogen and oxygen atoms in total. The Morgan fingerprint density at radius 2 is 0.768 bits per heavy atom. The number of benzene rings is 7. The van der Waals surface area contributed by atoms with Gasteiger partial charge in [-0.25, -0.2) is 0 Å². The molecule has 1 aromatic heterocycles. The second kappa shape index (κ2) is 11.5. The van der Waals surface area contributed by atoms with Gasteiger partial charge in [-0.1, -0.05) is 66.8 Å². The SMILES string of the molecule is Oc1c(O)c(-c2c3ccccc3c(-c3c(O)c(O)c(O)c4oc5c(O)c6c(O)c(O)c(O)c(O)c6c(O)c5c34)c3ccccc23)c(O)c(O)c1C1=CCCC=C1. The van der Waals surface area contributed by atoms with Gasteiger partial charge in [-0.15, -0.1) is 0 Å². The van der Waals surface area contributed by atoms with E-state index in [4.69, 9.17) is 4.42 Å². The highest BCUT2D eigenvalue weighted by molar-refractivity contribution is 6.31. The Hall–Kier alpha value is -8.00. The molecule has 56 heavy (non-hydrogen) atoms. The Balaban J connectivity index is 1.48. The third-order valence-corrected chi connectivity index (χ3v) is 10.5. The second-order valence-electron chi connectivity index (χ2n) is 13.4. The van der Waals surface area contributed by atoms with Crippen molar-refractivity contribution in [2.24, 2.45) is 0 Å². The predicted octanol–water partition coefficient (Wildman–Crippen LogP) is 8.29. The van der Waals surface area contributed by atoms with E-state index < -0.39 is 102 Å². The van der Waals surface area contributed by atoms with Gasteiger partial charge < -0.3 is 70.8 Å². The molecule has 0 unspecified atom stereocenters. The molecule has 1 aliphatic rings. The number of rotatable bonds is 3. The highest BCUT2D eigenvalue weighted by Gasteiger charge is 2.35. The topological polar surface area (TPSA) is 276 Å². The number of hydrogen-bond acceptors (Lipinski definition) is 14. The van der Waals surface area contributed by atoms with Gasteiger partial charge in [0, 0.05) is 22.1 Å². The zero-order valence-corrected chi connectivity index (χ0v) is 28.5. The first-order valence-corrected chi connectivity index (χ1v) is 16.9. The fourth-order valence-corrected chi connectivity index (χ4v) is 8.00. The first-order chi connectivity index (χ1) is 26.8. The van der Waals surface area contributed by atoms with Gasteiger partial charge in [0.05, 0.1) is 27.3 Å². The van der Waals surface area contributed by atoms with Crippen molar-refractivity contribution in [1.82, 2.24) is 0 Å². The molecular weight excluding hydrogens is 728 g/mol. The van der Waals surface area contributed by atoms with Crippen LogP contribution in [0.3, 0.4) is 0 Å². The maximum Gasteiger partial charge on any atom is 0.205 e. The average molecular weight is 757 g/mol. The molecule has 0 radical (unpaired) electrons. The molecule has 1 heterocycles. The molecule has 0 spiro atoms. The lowest BCUT2D eigenvalue weighted by Gasteiger charge is -2.22. The summed E-state index contributed by atoms with van der Waals surface area (Å²) in [6.45, 7) is 0. The molecule has 0 saturated carbocycles. The van der Waals surface area contributed by atoms with Gasteiger partial charge in [0.15, 0.2) is 57.2 Å². The molecule has 0 bridgehead atoms. The summed E-state index contributed by atoms with van der Waals surface area (Å²) in [4.78, 5) is 0. The molecule has 0 amide bonds. The van der Waals surface area contributed by atoms with Gasteiger partial charge in [-0.2, -0.15) is 0 Å². The van der Waals surface area contributed by atoms with E-state index in [2.05, 4.69) is 0 Å². The Bertz CT molecular complexity index is 3080. The summed E-state index contributed by atoms with van der Waals surface area (Å²) >= 11 is 0. The van der Waals surface area contributed by atoms with Crippen LogP contribution in [0.2, 0.25) is 0 Å². The minimum Gasteiger partial charge on any atom is -0.506 e. The lowest BCUT2D eigenvalue weighted by molar-refractivity contribution is 0.349. The average Bonchev–Trinajstić information content (AvgIpc) is 3.61.